The predicted octanol–water partition coefficient (Wildman–Crippen LogP) is 1.38. The van der Waals surface area contributed by atoms with E-state index >= 15 is 0 Å². The maximum Gasteiger partial charge on any atom is 0.268 e. The van der Waals surface area contributed by atoms with E-state index < -0.39 is 15.9 Å². The number of nitrogens with one attached hydrogen (secondary N) is 2. The molecule has 2 heterocycles. The highest BCUT2D eigenvalue weighted by Crippen LogP contribution is 2.30. The lowest BCUT2D eigenvalue weighted by atomic mass is 10.1. The van der Waals surface area contributed by atoms with Crippen LogP contribution in [0.5, 0.6) is 0 Å². The number of amides is 2. The second kappa shape index (κ2) is 6.47. The Labute approximate surface area is 157 Å². The van der Waals surface area contributed by atoms with Gasteiger partial charge in [0.15, 0.2) is 0 Å². The van der Waals surface area contributed by atoms with Crippen LogP contribution >= 0.6 is 0 Å². The lowest BCUT2D eigenvalue weighted by Crippen LogP contribution is -2.29. The number of carbonyl (C=O) groups is 2. The van der Waals surface area contributed by atoms with Crippen molar-refractivity contribution < 1.29 is 18.0 Å². The van der Waals surface area contributed by atoms with Crippen LogP contribution in [-0.4, -0.2) is 31.1 Å². The summed E-state index contributed by atoms with van der Waals surface area (Å²) in [5, 5.41) is 6.08. The van der Waals surface area contributed by atoms with Crippen LogP contribution in [0.25, 0.3) is 0 Å². The molecule has 0 atom stereocenters. The van der Waals surface area contributed by atoms with Crippen LogP contribution in [-0.2, 0) is 29.7 Å². The Morgan fingerprint density at radius 1 is 1.15 bits per heavy atom. The van der Waals surface area contributed by atoms with Crippen LogP contribution in [0.2, 0.25) is 0 Å². The standard InChI is InChI=1S/C19H19N3O4S/c1-2-22-19(24)16-6-5-13(8-17(16)27(22,25)26)18(23)21-9-12-3-4-14-10-20-11-15(14)7-12/h3-8,20H,2,9-11H2,1H3,(H,21,23). The molecule has 0 saturated carbocycles. The number of fused-ring (bicyclic) bond motifs is 2. The lowest BCUT2D eigenvalue weighted by molar-refractivity contribution is 0.0874. The maximum atomic E-state index is 12.5. The molecule has 0 saturated heterocycles. The second-order valence-electron chi connectivity index (χ2n) is 6.58. The van der Waals surface area contributed by atoms with E-state index in [1.165, 1.54) is 29.3 Å². The van der Waals surface area contributed by atoms with Crippen molar-refractivity contribution in [3.8, 4) is 0 Å². The molecular formula is C19H19N3O4S. The molecule has 4 rings (SSSR count). The third-order valence-electron chi connectivity index (χ3n) is 4.91. The molecule has 0 bridgehead atoms. The summed E-state index contributed by atoms with van der Waals surface area (Å²) in [6, 6.07) is 10.2. The first-order valence-corrected chi connectivity index (χ1v) is 10.2. The van der Waals surface area contributed by atoms with Crippen LogP contribution in [0.3, 0.4) is 0 Å². The Kier molecular flexibility index (Phi) is 4.24. The van der Waals surface area contributed by atoms with Crippen molar-refractivity contribution in [2.24, 2.45) is 0 Å². The fourth-order valence-corrected chi connectivity index (χ4v) is 5.08. The predicted molar refractivity (Wildman–Crippen MR) is 98.5 cm³/mol. The molecule has 0 fully saturated rings. The summed E-state index contributed by atoms with van der Waals surface area (Å²) in [6.07, 6.45) is 0. The van der Waals surface area contributed by atoms with E-state index in [9.17, 15) is 18.0 Å². The fourth-order valence-electron chi connectivity index (χ4n) is 3.47. The number of hydrogen-bond donors (Lipinski definition) is 2. The minimum atomic E-state index is -3.88. The molecule has 0 spiro atoms. The Morgan fingerprint density at radius 2 is 1.93 bits per heavy atom. The normalized spacial score (nSPS) is 16.9. The van der Waals surface area contributed by atoms with Crippen LogP contribution < -0.4 is 10.6 Å². The van der Waals surface area contributed by atoms with E-state index in [1.807, 2.05) is 12.1 Å². The SMILES string of the molecule is CCN1C(=O)c2ccc(C(=O)NCc3ccc4c(c3)CNC4)cc2S1(=O)=O. The molecule has 140 valence electrons. The number of sulfonamides is 1. The minimum Gasteiger partial charge on any atom is -0.348 e. The average Bonchev–Trinajstić information content (AvgIpc) is 3.20. The molecule has 2 aliphatic rings. The van der Waals surface area contributed by atoms with Gasteiger partial charge in [0.05, 0.1) is 5.56 Å². The highest BCUT2D eigenvalue weighted by molar-refractivity contribution is 7.90. The smallest absolute Gasteiger partial charge is 0.268 e. The van der Waals surface area contributed by atoms with Gasteiger partial charge >= 0.3 is 0 Å². The van der Waals surface area contributed by atoms with Gasteiger partial charge in [0.1, 0.15) is 4.90 Å². The molecule has 8 heteroatoms. The Bertz CT molecular complexity index is 1060. The van der Waals surface area contributed by atoms with Gasteiger partial charge in [-0.25, -0.2) is 12.7 Å². The van der Waals surface area contributed by atoms with E-state index in [2.05, 4.69) is 16.7 Å². The first-order valence-electron chi connectivity index (χ1n) is 8.72. The van der Waals surface area contributed by atoms with Crippen molar-refractivity contribution in [3.63, 3.8) is 0 Å². The summed E-state index contributed by atoms with van der Waals surface area (Å²) in [7, 11) is -3.88. The topological polar surface area (TPSA) is 95.6 Å². The second-order valence-corrected chi connectivity index (χ2v) is 8.41. The third-order valence-corrected chi connectivity index (χ3v) is 6.81. The van der Waals surface area contributed by atoms with Crippen LogP contribution in [0, 0.1) is 0 Å². The van der Waals surface area contributed by atoms with Gasteiger partial charge < -0.3 is 10.6 Å². The number of carbonyl (C=O) groups excluding carboxylic acids is 2. The first kappa shape index (κ1) is 17.7. The summed E-state index contributed by atoms with van der Waals surface area (Å²) in [5.74, 6) is -0.930. The molecule has 0 aromatic heterocycles. The van der Waals surface area contributed by atoms with Crippen molar-refractivity contribution in [2.45, 2.75) is 31.5 Å². The minimum absolute atomic E-state index is 0.0601. The van der Waals surface area contributed by atoms with Crippen LogP contribution in [0.4, 0.5) is 0 Å². The quantitative estimate of drug-likeness (QED) is 0.829. The summed E-state index contributed by atoms with van der Waals surface area (Å²) >= 11 is 0. The van der Waals surface area contributed by atoms with Crippen LogP contribution in [0.15, 0.2) is 41.3 Å². The fraction of sp³-hybridized carbons (Fsp3) is 0.263. The van der Waals surface area contributed by atoms with E-state index in [4.69, 9.17) is 0 Å². The molecule has 0 unspecified atom stereocenters. The molecule has 2 amide bonds. The molecular weight excluding hydrogens is 366 g/mol. The zero-order chi connectivity index (χ0) is 19.2. The lowest BCUT2D eigenvalue weighted by Gasteiger charge is -2.11. The average molecular weight is 385 g/mol. The summed E-state index contributed by atoms with van der Waals surface area (Å²) in [4.78, 5) is 24.5. The van der Waals surface area contributed by atoms with Crippen molar-refractivity contribution in [2.75, 3.05) is 6.54 Å². The molecule has 2 aromatic carbocycles. The van der Waals surface area contributed by atoms with E-state index in [0.29, 0.717) is 6.54 Å². The molecule has 7 nitrogen and oxygen atoms in total. The van der Waals surface area contributed by atoms with E-state index in [1.54, 1.807) is 6.92 Å². The van der Waals surface area contributed by atoms with E-state index in [0.717, 1.165) is 23.0 Å². The van der Waals surface area contributed by atoms with Gasteiger partial charge in [-0.2, -0.15) is 0 Å². The van der Waals surface area contributed by atoms with Crippen molar-refractivity contribution in [1.82, 2.24) is 14.9 Å². The van der Waals surface area contributed by atoms with Gasteiger partial charge in [-0.1, -0.05) is 18.2 Å². The molecule has 2 aliphatic heterocycles. The Balaban J connectivity index is 1.53. The highest BCUT2D eigenvalue weighted by Gasteiger charge is 2.40. The largest absolute Gasteiger partial charge is 0.348 e. The number of hydrogen-bond acceptors (Lipinski definition) is 5. The van der Waals surface area contributed by atoms with E-state index in [-0.39, 0.29) is 28.5 Å². The van der Waals surface area contributed by atoms with Crippen LogP contribution in [0.1, 0.15) is 44.3 Å². The monoisotopic (exact) mass is 385 g/mol. The Morgan fingerprint density at radius 3 is 2.70 bits per heavy atom. The maximum absolute atomic E-state index is 12.5. The van der Waals surface area contributed by atoms with Gasteiger partial charge in [0.2, 0.25) is 0 Å². The van der Waals surface area contributed by atoms with Gasteiger partial charge in [-0.05, 0) is 41.8 Å². The third kappa shape index (κ3) is 2.90. The summed E-state index contributed by atoms with van der Waals surface area (Å²) < 4.78 is 25.7. The molecule has 2 aromatic rings. The van der Waals surface area contributed by atoms with Crippen molar-refractivity contribution in [3.05, 3.63) is 64.2 Å². The summed E-state index contributed by atoms with van der Waals surface area (Å²) in [5.41, 5.74) is 3.79. The first-order chi connectivity index (χ1) is 12.9. The van der Waals surface area contributed by atoms with Crippen molar-refractivity contribution >= 4 is 21.8 Å². The van der Waals surface area contributed by atoms with Gasteiger partial charge in [-0.3, -0.25) is 9.59 Å². The molecule has 27 heavy (non-hydrogen) atoms. The number of rotatable bonds is 4. The number of benzene rings is 2. The number of nitrogens with zero attached hydrogens (tertiary/aromatic N) is 1. The molecule has 0 radical (unpaired) electrons. The van der Waals surface area contributed by atoms with Gasteiger partial charge in [0.25, 0.3) is 21.8 Å². The van der Waals surface area contributed by atoms with Gasteiger partial charge in [0, 0.05) is 31.7 Å². The zero-order valence-corrected chi connectivity index (χ0v) is 15.6. The summed E-state index contributed by atoms with van der Waals surface area (Å²) in [6.45, 7) is 3.68. The molecule has 0 aliphatic carbocycles. The van der Waals surface area contributed by atoms with Crippen molar-refractivity contribution in [1.29, 1.82) is 0 Å². The highest BCUT2D eigenvalue weighted by atomic mass is 32.2. The zero-order valence-electron chi connectivity index (χ0n) is 14.8. The van der Waals surface area contributed by atoms with Gasteiger partial charge in [-0.15, -0.1) is 0 Å². The molecule has 2 N–H and O–H groups in total. The Hall–Kier alpha value is -2.71.